The van der Waals surface area contributed by atoms with E-state index in [1.807, 2.05) is 0 Å². The van der Waals surface area contributed by atoms with E-state index in [1.165, 1.54) is 19.3 Å². The molecule has 1 rings (SSSR count). The Labute approximate surface area is 57.4 Å². The summed E-state index contributed by atoms with van der Waals surface area (Å²) in [6, 6.07) is 0. The van der Waals surface area contributed by atoms with Gasteiger partial charge in [-0.2, -0.15) is 0 Å². The molecule has 0 amide bonds. The lowest BCUT2D eigenvalue weighted by Crippen LogP contribution is -2.19. The van der Waals surface area contributed by atoms with Crippen molar-refractivity contribution in [3.63, 3.8) is 0 Å². The van der Waals surface area contributed by atoms with Crippen molar-refractivity contribution in [1.29, 1.82) is 0 Å². The quantitative estimate of drug-likeness (QED) is 0.523. The zero-order chi connectivity index (χ0) is 6.69. The standard InChI is InChI=1S/C8H15O/c1-7-4-3-5-8(6-7)9-2/h7-8H,1,3-6H2,2H3. The summed E-state index contributed by atoms with van der Waals surface area (Å²) >= 11 is 0. The molecule has 1 fully saturated rings. The highest BCUT2D eigenvalue weighted by Gasteiger charge is 2.17. The molecule has 1 aliphatic carbocycles. The van der Waals surface area contributed by atoms with Gasteiger partial charge in [-0.15, -0.1) is 0 Å². The average molecular weight is 127 g/mol. The van der Waals surface area contributed by atoms with Crippen LogP contribution in [-0.4, -0.2) is 13.2 Å². The number of rotatable bonds is 1. The molecule has 1 radical (unpaired) electrons. The third-order valence-electron chi connectivity index (χ3n) is 2.07. The Morgan fingerprint density at radius 3 is 2.67 bits per heavy atom. The summed E-state index contributed by atoms with van der Waals surface area (Å²) in [7, 11) is 1.79. The fraction of sp³-hybridized carbons (Fsp3) is 0.875. The summed E-state index contributed by atoms with van der Waals surface area (Å²) in [5, 5.41) is 0. The average Bonchev–Trinajstić information content (AvgIpc) is 1.88. The Morgan fingerprint density at radius 2 is 2.22 bits per heavy atom. The van der Waals surface area contributed by atoms with Crippen LogP contribution in [0.15, 0.2) is 0 Å². The van der Waals surface area contributed by atoms with Gasteiger partial charge in [-0.05, 0) is 18.8 Å². The first-order chi connectivity index (χ1) is 4.33. The van der Waals surface area contributed by atoms with Gasteiger partial charge in [0.05, 0.1) is 6.10 Å². The maximum atomic E-state index is 5.22. The molecule has 0 aromatic rings. The molecule has 0 N–H and O–H groups in total. The highest BCUT2D eigenvalue weighted by atomic mass is 16.5. The van der Waals surface area contributed by atoms with Crippen LogP contribution in [-0.2, 0) is 4.74 Å². The third kappa shape index (κ3) is 1.98. The minimum Gasteiger partial charge on any atom is -0.381 e. The van der Waals surface area contributed by atoms with E-state index in [-0.39, 0.29) is 0 Å². The first kappa shape index (κ1) is 7.07. The smallest absolute Gasteiger partial charge is 0.0574 e. The summed E-state index contributed by atoms with van der Waals surface area (Å²) in [5.74, 6) is 0.642. The van der Waals surface area contributed by atoms with E-state index in [0.717, 1.165) is 6.42 Å². The van der Waals surface area contributed by atoms with Gasteiger partial charge in [-0.1, -0.05) is 19.8 Å². The highest BCUT2D eigenvalue weighted by molar-refractivity contribution is 4.73. The van der Waals surface area contributed by atoms with E-state index in [4.69, 9.17) is 4.74 Å². The minimum atomic E-state index is 0.501. The van der Waals surface area contributed by atoms with Crippen LogP contribution >= 0.6 is 0 Å². The predicted molar refractivity (Wildman–Crippen MR) is 38.1 cm³/mol. The van der Waals surface area contributed by atoms with E-state index >= 15 is 0 Å². The SMILES string of the molecule is [CH2]C1CCCC(OC)C1. The van der Waals surface area contributed by atoms with Gasteiger partial charge < -0.3 is 4.74 Å². The molecular weight excluding hydrogens is 112 g/mol. The third-order valence-corrected chi connectivity index (χ3v) is 2.07. The predicted octanol–water partition coefficient (Wildman–Crippen LogP) is 2.03. The maximum Gasteiger partial charge on any atom is 0.0574 e. The van der Waals surface area contributed by atoms with Crippen molar-refractivity contribution in [3.8, 4) is 0 Å². The number of ether oxygens (including phenoxy) is 1. The van der Waals surface area contributed by atoms with Crippen molar-refractivity contribution in [2.45, 2.75) is 31.8 Å². The number of hydrogen-bond acceptors (Lipinski definition) is 1. The van der Waals surface area contributed by atoms with Crippen LogP contribution < -0.4 is 0 Å². The Bertz CT molecular complexity index is 80.6. The lowest BCUT2D eigenvalue weighted by Gasteiger charge is -2.24. The molecule has 0 bridgehead atoms. The second kappa shape index (κ2) is 3.21. The summed E-state index contributed by atoms with van der Waals surface area (Å²) in [4.78, 5) is 0. The van der Waals surface area contributed by atoms with Crippen LogP contribution in [0.1, 0.15) is 25.7 Å². The van der Waals surface area contributed by atoms with Crippen LogP contribution in [0.25, 0.3) is 0 Å². The molecule has 2 atom stereocenters. The topological polar surface area (TPSA) is 9.23 Å². The van der Waals surface area contributed by atoms with E-state index in [1.54, 1.807) is 7.11 Å². The van der Waals surface area contributed by atoms with Crippen molar-refractivity contribution >= 4 is 0 Å². The summed E-state index contributed by atoms with van der Waals surface area (Å²) in [6.07, 6.45) is 5.49. The zero-order valence-electron chi connectivity index (χ0n) is 6.10. The largest absolute Gasteiger partial charge is 0.381 e. The van der Waals surface area contributed by atoms with Gasteiger partial charge >= 0.3 is 0 Å². The van der Waals surface area contributed by atoms with Gasteiger partial charge in [0.2, 0.25) is 0 Å². The van der Waals surface area contributed by atoms with Crippen molar-refractivity contribution in [1.82, 2.24) is 0 Å². The first-order valence-corrected chi connectivity index (χ1v) is 3.69. The molecule has 0 aromatic carbocycles. The molecule has 1 aliphatic rings. The van der Waals surface area contributed by atoms with Crippen molar-refractivity contribution in [2.75, 3.05) is 7.11 Å². The Hall–Kier alpha value is -0.0400. The fourth-order valence-corrected chi connectivity index (χ4v) is 1.46. The van der Waals surface area contributed by atoms with E-state index in [0.29, 0.717) is 12.0 Å². The fourth-order valence-electron chi connectivity index (χ4n) is 1.46. The molecular formula is C8H15O. The Morgan fingerprint density at radius 1 is 1.44 bits per heavy atom. The van der Waals surface area contributed by atoms with Gasteiger partial charge in [-0.25, -0.2) is 0 Å². The van der Waals surface area contributed by atoms with Gasteiger partial charge in [0, 0.05) is 7.11 Å². The van der Waals surface area contributed by atoms with E-state index in [9.17, 15) is 0 Å². The lowest BCUT2D eigenvalue weighted by molar-refractivity contribution is 0.0585. The molecule has 1 nitrogen and oxygen atoms in total. The van der Waals surface area contributed by atoms with Gasteiger partial charge in [-0.3, -0.25) is 0 Å². The first-order valence-electron chi connectivity index (χ1n) is 3.69. The Balaban J connectivity index is 2.23. The number of hydrogen-bond donors (Lipinski definition) is 0. The minimum absolute atomic E-state index is 0.501. The molecule has 0 heterocycles. The van der Waals surface area contributed by atoms with Crippen LogP contribution in [0.5, 0.6) is 0 Å². The molecule has 0 spiro atoms. The molecule has 0 aliphatic heterocycles. The van der Waals surface area contributed by atoms with Crippen molar-refractivity contribution in [2.24, 2.45) is 5.92 Å². The summed E-state index contributed by atoms with van der Waals surface area (Å²) < 4.78 is 5.22. The van der Waals surface area contributed by atoms with Gasteiger partial charge in [0.25, 0.3) is 0 Å². The number of methoxy groups -OCH3 is 1. The molecule has 0 saturated heterocycles. The lowest BCUT2D eigenvalue weighted by atomic mass is 9.89. The molecule has 1 heteroatoms. The van der Waals surface area contributed by atoms with E-state index in [2.05, 4.69) is 6.92 Å². The van der Waals surface area contributed by atoms with Gasteiger partial charge in [0.15, 0.2) is 0 Å². The van der Waals surface area contributed by atoms with Gasteiger partial charge in [0.1, 0.15) is 0 Å². The van der Waals surface area contributed by atoms with Crippen molar-refractivity contribution < 1.29 is 4.74 Å². The zero-order valence-corrected chi connectivity index (χ0v) is 6.10. The molecule has 0 aromatic heterocycles. The Kier molecular flexibility index (Phi) is 2.52. The maximum absolute atomic E-state index is 5.22. The molecule has 53 valence electrons. The van der Waals surface area contributed by atoms with Crippen LogP contribution in [0, 0.1) is 12.8 Å². The normalized spacial score (nSPS) is 36.7. The summed E-state index contributed by atoms with van der Waals surface area (Å²) in [6.45, 7) is 4.02. The highest BCUT2D eigenvalue weighted by Crippen LogP contribution is 2.24. The molecule has 9 heavy (non-hydrogen) atoms. The monoisotopic (exact) mass is 127 g/mol. The van der Waals surface area contributed by atoms with Crippen molar-refractivity contribution in [3.05, 3.63) is 6.92 Å². The van der Waals surface area contributed by atoms with Crippen LogP contribution in [0.2, 0.25) is 0 Å². The second-order valence-electron chi connectivity index (χ2n) is 2.89. The molecule has 1 saturated carbocycles. The second-order valence-corrected chi connectivity index (χ2v) is 2.89. The van der Waals surface area contributed by atoms with E-state index < -0.39 is 0 Å². The van der Waals surface area contributed by atoms with Crippen LogP contribution in [0.4, 0.5) is 0 Å². The van der Waals surface area contributed by atoms with Crippen LogP contribution in [0.3, 0.4) is 0 Å². The molecule has 2 unspecified atom stereocenters. The summed E-state index contributed by atoms with van der Waals surface area (Å²) in [5.41, 5.74) is 0.